The van der Waals surface area contributed by atoms with Crippen LogP contribution in [0.15, 0.2) is 24.3 Å². The average molecular weight is 472 g/mol. The van der Waals surface area contributed by atoms with E-state index in [0.29, 0.717) is 11.3 Å². The Hall–Kier alpha value is -3.61. The van der Waals surface area contributed by atoms with Gasteiger partial charge in [0, 0.05) is 12.7 Å². The number of carbonyl (C=O) groups excluding carboxylic acids is 2. The summed E-state index contributed by atoms with van der Waals surface area (Å²) in [5.74, 6) is -2.37. The largest absolute Gasteiger partial charge is 0.573 e. The van der Waals surface area contributed by atoms with E-state index in [-0.39, 0.29) is 30.4 Å². The normalized spacial score (nSPS) is 14.3. The summed E-state index contributed by atoms with van der Waals surface area (Å²) in [6.45, 7) is 1.22. The predicted molar refractivity (Wildman–Crippen MR) is 108 cm³/mol. The minimum atomic E-state index is -5.06. The Morgan fingerprint density at radius 2 is 2.03 bits per heavy atom. The summed E-state index contributed by atoms with van der Waals surface area (Å²) in [6, 6.07) is 2.63. The second kappa shape index (κ2) is 9.48. The van der Waals surface area contributed by atoms with E-state index in [1.54, 1.807) is 13.0 Å². The molecule has 0 radical (unpaired) electrons. The monoisotopic (exact) mass is 472 g/mol. The van der Waals surface area contributed by atoms with Crippen molar-refractivity contribution in [1.29, 1.82) is 0 Å². The molecule has 1 aromatic heterocycles. The van der Waals surface area contributed by atoms with Crippen molar-refractivity contribution in [2.24, 2.45) is 0 Å². The van der Waals surface area contributed by atoms with Crippen LogP contribution in [0.3, 0.4) is 0 Å². The number of aryl methyl sites for hydroxylation is 1. The number of rotatable bonds is 6. The lowest BCUT2D eigenvalue weighted by molar-refractivity contribution is -0.275. The van der Waals surface area contributed by atoms with Gasteiger partial charge in [0.15, 0.2) is 17.4 Å². The van der Waals surface area contributed by atoms with Crippen LogP contribution in [-0.2, 0) is 9.53 Å². The molecular weight excluding hydrogens is 452 g/mol. The van der Waals surface area contributed by atoms with E-state index in [1.807, 2.05) is 0 Å². The highest BCUT2D eigenvalue weighted by molar-refractivity contribution is 6.08. The van der Waals surface area contributed by atoms with Crippen molar-refractivity contribution in [1.82, 2.24) is 10.3 Å². The highest BCUT2D eigenvalue weighted by Gasteiger charge is 2.33. The Labute approximate surface area is 185 Å². The molecule has 0 fully saturated rings. The minimum absolute atomic E-state index is 0.119. The number of hydrogen-bond donors (Lipinski definition) is 2. The molecule has 0 saturated heterocycles. The number of methoxy groups -OCH3 is 2. The third-order valence-corrected chi connectivity index (χ3v) is 4.63. The predicted octanol–water partition coefficient (Wildman–Crippen LogP) is 3.29. The van der Waals surface area contributed by atoms with Crippen molar-refractivity contribution >= 4 is 23.4 Å². The molecule has 1 aromatic carbocycles. The maximum absolute atomic E-state index is 14.2. The van der Waals surface area contributed by atoms with Crippen molar-refractivity contribution < 1.29 is 41.4 Å². The van der Waals surface area contributed by atoms with Gasteiger partial charge in [-0.3, -0.25) is 9.69 Å². The highest BCUT2D eigenvalue weighted by atomic mass is 19.4. The first-order valence-electron chi connectivity index (χ1n) is 9.50. The molecule has 0 aliphatic carbocycles. The molecule has 2 aromatic rings. The first-order valence-corrected chi connectivity index (χ1v) is 9.50. The van der Waals surface area contributed by atoms with E-state index >= 15 is 0 Å². The summed E-state index contributed by atoms with van der Waals surface area (Å²) < 4.78 is 65.2. The van der Waals surface area contributed by atoms with Crippen LogP contribution in [0.5, 0.6) is 11.6 Å². The number of halogens is 4. The number of urea groups is 1. The van der Waals surface area contributed by atoms with Gasteiger partial charge in [-0.2, -0.15) is 4.98 Å². The fourth-order valence-electron chi connectivity index (χ4n) is 3.22. The summed E-state index contributed by atoms with van der Waals surface area (Å²) >= 11 is 0. The topological polar surface area (TPSA) is 102 Å². The van der Waals surface area contributed by atoms with E-state index in [4.69, 9.17) is 9.47 Å². The van der Waals surface area contributed by atoms with E-state index in [1.165, 1.54) is 14.2 Å². The third-order valence-electron chi connectivity index (χ3n) is 4.63. The lowest BCUT2D eigenvalue weighted by Crippen LogP contribution is -2.49. The molecule has 178 valence electrons. The Morgan fingerprint density at radius 1 is 1.30 bits per heavy atom. The Balaban J connectivity index is 1.87. The van der Waals surface area contributed by atoms with Crippen molar-refractivity contribution in [2.45, 2.75) is 19.3 Å². The number of anilines is 2. The third kappa shape index (κ3) is 5.61. The molecule has 3 rings (SSSR count). The van der Waals surface area contributed by atoms with Crippen LogP contribution in [0.4, 0.5) is 33.9 Å². The van der Waals surface area contributed by atoms with Crippen molar-refractivity contribution in [2.75, 3.05) is 37.6 Å². The summed E-state index contributed by atoms with van der Waals surface area (Å²) in [5.41, 5.74) is 1.05. The smallest absolute Gasteiger partial charge is 0.481 e. The molecule has 2 N–H and O–H groups in total. The van der Waals surface area contributed by atoms with E-state index < -0.39 is 35.9 Å². The van der Waals surface area contributed by atoms with Crippen molar-refractivity contribution in [3.8, 4) is 11.6 Å². The summed E-state index contributed by atoms with van der Waals surface area (Å²) in [7, 11) is 2.73. The first-order chi connectivity index (χ1) is 15.5. The zero-order chi connectivity index (χ0) is 24.3. The molecular formula is C20H20F4N4O5. The number of benzene rings is 1. The quantitative estimate of drug-likeness (QED) is 0.626. The number of ether oxygens (including phenoxy) is 3. The number of amides is 3. The molecule has 1 unspecified atom stereocenters. The molecule has 9 nitrogen and oxygen atoms in total. The van der Waals surface area contributed by atoms with Gasteiger partial charge in [-0.05, 0) is 30.7 Å². The maximum Gasteiger partial charge on any atom is 0.573 e. The second-order valence-electron chi connectivity index (χ2n) is 7.02. The number of hydrogen-bond acceptors (Lipinski definition) is 6. The summed E-state index contributed by atoms with van der Waals surface area (Å²) in [5, 5.41) is 5.20. The maximum atomic E-state index is 14.2. The number of carbonyl (C=O) groups is 2. The molecule has 2 heterocycles. The molecule has 0 bridgehead atoms. The van der Waals surface area contributed by atoms with E-state index in [2.05, 4.69) is 20.4 Å². The fourth-order valence-corrected chi connectivity index (χ4v) is 3.22. The van der Waals surface area contributed by atoms with Crippen LogP contribution in [0, 0.1) is 12.7 Å². The van der Waals surface area contributed by atoms with Crippen LogP contribution in [0.25, 0.3) is 0 Å². The van der Waals surface area contributed by atoms with Crippen molar-refractivity contribution in [3.05, 3.63) is 41.2 Å². The minimum Gasteiger partial charge on any atom is -0.481 e. The van der Waals surface area contributed by atoms with Gasteiger partial charge in [0.05, 0.1) is 25.4 Å². The van der Waals surface area contributed by atoms with Crippen LogP contribution in [-0.4, -0.2) is 50.7 Å². The van der Waals surface area contributed by atoms with Gasteiger partial charge in [0.1, 0.15) is 6.54 Å². The van der Waals surface area contributed by atoms with Gasteiger partial charge in [0.25, 0.3) is 0 Å². The van der Waals surface area contributed by atoms with Crippen LogP contribution in [0.2, 0.25) is 0 Å². The molecule has 1 aliphatic heterocycles. The molecule has 0 spiro atoms. The van der Waals surface area contributed by atoms with Gasteiger partial charge in [-0.15, -0.1) is 13.2 Å². The number of nitrogens with zero attached hydrogens (tertiary/aromatic N) is 2. The molecule has 33 heavy (non-hydrogen) atoms. The van der Waals surface area contributed by atoms with Crippen molar-refractivity contribution in [3.63, 3.8) is 0 Å². The SMILES string of the molecule is COCC(NC(=O)N1CC(=O)Nc2cc(C)c(OC)nc21)c1ccc(OC(F)(F)F)c(F)c1. The molecule has 0 saturated carbocycles. The standard InChI is InChI=1S/C20H20F4N4O5/c1-10-6-13-17(27-18(10)32-3)28(8-16(29)25-13)19(30)26-14(9-31-2)11-4-5-15(12(21)7-11)33-20(22,23)24/h4-7,14H,8-9H2,1-3H3,(H,25,29)(H,26,30). The van der Waals surface area contributed by atoms with Gasteiger partial charge in [0.2, 0.25) is 11.8 Å². The first kappa shape index (κ1) is 24.0. The number of nitrogens with one attached hydrogen (secondary N) is 2. The fraction of sp³-hybridized carbons (Fsp3) is 0.350. The highest BCUT2D eigenvalue weighted by Crippen LogP contribution is 2.33. The zero-order valence-electron chi connectivity index (χ0n) is 17.7. The van der Waals surface area contributed by atoms with E-state index in [0.717, 1.165) is 23.1 Å². The lowest BCUT2D eigenvalue weighted by atomic mass is 10.1. The Bertz CT molecular complexity index is 1060. The molecule has 13 heteroatoms. The van der Waals surface area contributed by atoms with Crippen LogP contribution in [0.1, 0.15) is 17.2 Å². The van der Waals surface area contributed by atoms with E-state index in [9.17, 15) is 27.2 Å². The second-order valence-corrected chi connectivity index (χ2v) is 7.02. The lowest BCUT2D eigenvalue weighted by Gasteiger charge is -2.30. The number of pyridine rings is 1. The Kier molecular flexibility index (Phi) is 6.91. The number of aromatic nitrogens is 1. The van der Waals surface area contributed by atoms with Crippen LogP contribution >= 0.6 is 0 Å². The summed E-state index contributed by atoms with van der Waals surface area (Å²) in [6.07, 6.45) is -5.06. The zero-order valence-corrected chi connectivity index (χ0v) is 17.7. The van der Waals surface area contributed by atoms with Gasteiger partial charge >= 0.3 is 12.4 Å². The molecule has 1 atom stereocenters. The van der Waals surface area contributed by atoms with Gasteiger partial charge < -0.3 is 24.8 Å². The molecule has 3 amide bonds. The molecule has 1 aliphatic rings. The van der Waals surface area contributed by atoms with Gasteiger partial charge in [-0.1, -0.05) is 6.07 Å². The summed E-state index contributed by atoms with van der Waals surface area (Å²) in [4.78, 5) is 30.5. The number of fused-ring (bicyclic) bond motifs is 1. The Morgan fingerprint density at radius 3 is 2.64 bits per heavy atom. The number of alkyl halides is 3. The van der Waals surface area contributed by atoms with Gasteiger partial charge in [-0.25, -0.2) is 9.18 Å². The average Bonchev–Trinajstić information content (AvgIpc) is 2.72. The van der Waals surface area contributed by atoms with Crippen LogP contribution < -0.4 is 25.0 Å².